The lowest BCUT2D eigenvalue weighted by atomic mass is 9.94. The number of ether oxygens (including phenoxy) is 2. The number of nitrogens with two attached hydrogens (primary N) is 1. The Labute approximate surface area is 160 Å². The fraction of sp³-hybridized carbons (Fsp3) is 0.421. The van der Waals surface area contributed by atoms with Crippen molar-refractivity contribution in [2.45, 2.75) is 38.6 Å². The predicted octanol–water partition coefficient (Wildman–Crippen LogP) is 5.15. The summed E-state index contributed by atoms with van der Waals surface area (Å²) >= 11 is 6.28. The average Bonchev–Trinajstić information content (AvgIpc) is 2.58. The molecule has 0 fully saturated rings. The van der Waals surface area contributed by atoms with E-state index in [2.05, 4.69) is 4.98 Å². The number of fused-ring (bicyclic) bond motifs is 3. The molecule has 1 aromatic carbocycles. The molecule has 0 saturated heterocycles. The van der Waals surface area contributed by atoms with Crippen molar-refractivity contribution in [1.82, 2.24) is 4.98 Å². The standard InChI is InChI=1S/C19H20ClF3N2O2/c1-10(2)5-11(24)9-26-17-7-16-13(6-15(17)20)12-3-4-25-8-14(12)18(27-16)19(21,22)23/h3-4,6-8,10-11,18H,5,9,24H2,1-2H3/t11-,18-/m0/s1. The maximum atomic E-state index is 13.4. The Balaban J connectivity index is 1.93. The van der Waals surface area contributed by atoms with Gasteiger partial charge in [0.1, 0.15) is 18.1 Å². The fourth-order valence-corrected chi connectivity index (χ4v) is 3.34. The highest BCUT2D eigenvalue weighted by atomic mass is 35.5. The van der Waals surface area contributed by atoms with Crippen LogP contribution in [0.15, 0.2) is 30.6 Å². The van der Waals surface area contributed by atoms with Gasteiger partial charge in [0.25, 0.3) is 0 Å². The first-order chi connectivity index (χ1) is 12.7. The molecule has 0 saturated carbocycles. The van der Waals surface area contributed by atoms with Gasteiger partial charge in [-0.25, -0.2) is 0 Å². The third kappa shape index (κ3) is 4.30. The summed E-state index contributed by atoms with van der Waals surface area (Å²) in [6.07, 6.45) is -3.30. The van der Waals surface area contributed by atoms with Gasteiger partial charge >= 0.3 is 6.18 Å². The smallest absolute Gasteiger partial charge is 0.429 e. The molecule has 8 heteroatoms. The largest absolute Gasteiger partial charge is 0.490 e. The minimum atomic E-state index is -4.57. The van der Waals surface area contributed by atoms with Gasteiger partial charge < -0.3 is 15.2 Å². The summed E-state index contributed by atoms with van der Waals surface area (Å²) in [6, 6.07) is 4.26. The molecular weight excluding hydrogens is 381 g/mol. The first-order valence-corrected chi connectivity index (χ1v) is 8.94. The van der Waals surface area contributed by atoms with E-state index < -0.39 is 12.3 Å². The second-order valence-electron chi connectivity index (χ2n) is 6.98. The molecule has 1 aliphatic heterocycles. The summed E-state index contributed by atoms with van der Waals surface area (Å²) < 4.78 is 51.2. The van der Waals surface area contributed by atoms with Crippen LogP contribution in [0.1, 0.15) is 31.9 Å². The number of rotatable bonds is 5. The van der Waals surface area contributed by atoms with Crippen molar-refractivity contribution in [3.63, 3.8) is 0 Å². The lowest BCUT2D eigenvalue weighted by molar-refractivity contribution is -0.198. The monoisotopic (exact) mass is 400 g/mol. The van der Waals surface area contributed by atoms with Crippen molar-refractivity contribution in [3.05, 3.63) is 41.2 Å². The minimum absolute atomic E-state index is 0.0406. The summed E-state index contributed by atoms with van der Waals surface area (Å²) in [5, 5.41) is 0.280. The molecule has 1 aliphatic rings. The van der Waals surface area contributed by atoms with E-state index in [9.17, 15) is 13.2 Å². The van der Waals surface area contributed by atoms with E-state index in [-0.39, 0.29) is 34.7 Å². The molecule has 0 radical (unpaired) electrons. The van der Waals surface area contributed by atoms with Crippen LogP contribution in [0.3, 0.4) is 0 Å². The summed E-state index contributed by atoms with van der Waals surface area (Å²) in [7, 11) is 0. The quantitative estimate of drug-likeness (QED) is 0.754. The molecule has 2 N–H and O–H groups in total. The van der Waals surface area contributed by atoms with Crippen LogP contribution in [0.4, 0.5) is 13.2 Å². The van der Waals surface area contributed by atoms with Crippen molar-refractivity contribution in [3.8, 4) is 22.6 Å². The Morgan fingerprint density at radius 2 is 2.04 bits per heavy atom. The van der Waals surface area contributed by atoms with Crippen molar-refractivity contribution in [2.75, 3.05) is 6.61 Å². The predicted molar refractivity (Wildman–Crippen MR) is 97.0 cm³/mol. The second kappa shape index (κ2) is 7.56. The highest BCUT2D eigenvalue weighted by molar-refractivity contribution is 6.32. The van der Waals surface area contributed by atoms with Crippen molar-refractivity contribution in [1.29, 1.82) is 0 Å². The SMILES string of the molecule is CC(C)C[C@H](N)COc1cc2c(cc1Cl)-c1ccncc1[C@@H](C(F)(F)F)O2. The lowest BCUT2D eigenvalue weighted by Crippen LogP contribution is -2.30. The fourth-order valence-electron chi connectivity index (χ4n) is 3.12. The number of hydrogen-bond acceptors (Lipinski definition) is 4. The van der Waals surface area contributed by atoms with Gasteiger partial charge in [0.05, 0.1) is 5.02 Å². The van der Waals surface area contributed by atoms with Crippen LogP contribution in [0.25, 0.3) is 11.1 Å². The van der Waals surface area contributed by atoms with Gasteiger partial charge in [0.2, 0.25) is 6.10 Å². The Bertz CT molecular complexity index is 827. The Kier molecular flexibility index (Phi) is 5.53. The van der Waals surface area contributed by atoms with Crippen LogP contribution in [0, 0.1) is 5.92 Å². The molecule has 3 rings (SSSR count). The molecule has 0 aliphatic carbocycles. The van der Waals surface area contributed by atoms with Crippen LogP contribution < -0.4 is 15.2 Å². The summed E-state index contributed by atoms with van der Waals surface area (Å²) in [4.78, 5) is 3.80. The van der Waals surface area contributed by atoms with E-state index in [0.29, 0.717) is 17.0 Å². The zero-order chi connectivity index (χ0) is 19.8. The van der Waals surface area contributed by atoms with Gasteiger partial charge in [-0.3, -0.25) is 4.98 Å². The Morgan fingerprint density at radius 3 is 2.70 bits per heavy atom. The van der Waals surface area contributed by atoms with Crippen LogP contribution in [-0.2, 0) is 0 Å². The molecule has 0 amide bonds. The first kappa shape index (κ1) is 19.8. The van der Waals surface area contributed by atoms with E-state index in [1.165, 1.54) is 24.5 Å². The van der Waals surface area contributed by atoms with Crippen LogP contribution in [-0.4, -0.2) is 23.8 Å². The Morgan fingerprint density at radius 1 is 1.30 bits per heavy atom. The number of aromatic nitrogens is 1. The zero-order valence-electron chi connectivity index (χ0n) is 14.9. The molecule has 4 nitrogen and oxygen atoms in total. The molecule has 2 aromatic rings. The number of pyridine rings is 1. The lowest BCUT2D eigenvalue weighted by Gasteiger charge is -2.30. The summed E-state index contributed by atoms with van der Waals surface area (Å²) in [5.41, 5.74) is 6.81. The number of alkyl halides is 3. The van der Waals surface area contributed by atoms with E-state index >= 15 is 0 Å². The number of hydrogen-bond donors (Lipinski definition) is 1. The van der Waals surface area contributed by atoms with E-state index in [0.717, 1.165) is 6.42 Å². The summed E-state index contributed by atoms with van der Waals surface area (Å²) in [5.74, 6) is 0.713. The molecule has 146 valence electrons. The third-order valence-corrected chi connectivity index (χ3v) is 4.52. The second-order valence-corrected chi connectivity index (χ2v) is 7.39. The van der Waals surface area contributed by atoms with Gasteiger partial charge in [-0.05, 0) is 30.0 Å². The highest BCUT2D eigenvalue weighted by Crippen LogP contribution is 2.50. The average molecular weight is 401 g/mol. The van der Waals surface area contributed by atoms with Crippen LogP contribution >= 0.6 is 11.6 Å². The first-order valence-electron chi connectivity index (χ1n) is 8.56. The van der Waals surface area contributed by atoms with E-state index in [1.807, 2.05) is 13.8 Å². The molecule has 2 atom stereocenters. The third-order valence-electron chi connectivity index (χ3n) is 4.23. The minimum Gasteiger partial charge on any atom is -0.490 e. The Hall–Kier alpha value is -1.99. The van der Waals surface area contributed by atoms with Gasteiger partial charge in [0, 0.05) is 35.6 Å². The maximum absolute atomic E-state index is 13.4. The molecule has 2 heterocycles. The molecule has 27 heavy (non-hydrogen) atoms. The maximum Gasteiger partial charge on any atom is 0.429 e. The summed E-state index contributed by atoms with van der Waals surface area (Å²) in [6.45, 7) is 4.30. The van der Waals surface area contributed by atoms with Crippen molar-refractivity contribution in [2.24, 2.45) is 11.7 Å². The number of nitrogens with zero attached hydrogens (tertiary/aromatic N) is 1. The molecule has 0 spiro atoms. The van der Waals surface area contributed by atoms with Crippen molar-refractivity contribution >= 4 is 11.6 Å². The topological polar surface area (TPSA) is 57.4 Å². The highest BCUT2D eigenvalue weighted by Gasteiger charge is 2.46. The normalized spacial score (nSPS) is 17.1. The van der Waals surface area contributed by atoms with Crippen molar-refractivity contribution < 1.29 is 22.6 Å². The van der Waals surface area contributed by atoms with Crippen LogP contribution in [0.5, 0.6) is 11.5 Å². The molecular formula is C19H20ClF3N2O2. The zero-order valence-corrected chi connectivity index (χ0v) is 15.6. The van der Waals surface area contributed by atoms with E-state index in [1.54, 1.807) is 6.07 Å². The van der Waals surface area contributed by atoms with Gasteiger partial charge in [-0.1, -0.05) is 25.4 Å². The molecule has 0 bridgehead atoms. The van der Waals surface area contributed by atoms with Gasteiger partial charge in [-0.2, -0.15) is 13.2 Å². The molecule has 0 unspecified atom stereocenters. The van der Waals surface area contributed by atoms with Gasteiger partial charge in [-0.15, -0.1) is 0 Å². The number of halogens is 4. The molecule has 1 aromatic heterocycles. The van der Waals surface area contributed by atoms with Crippen LogP contribution in [0.2, 0.25) is 5.02 Å². The van der Waals surface area contributed by atoms with Gasteiger partial charge in [0.15, 0.2) is 0 Å². The van der Waals surface area contributed by atoms with E-state index in [4.69, 9.17) is 26.8 Å². The number of benzene rings is 1.